The summed E-state index contributed by atoms with van der Waals surface area (Å²) in [6.07, 6.45) is 5.47. The molecule has 2 aromatic rings. The molecule has 1 aliphatic heterocycles. The molecular formula is C24H28ClNO2. The van der Waals surface area contributed by atoms with Crippen molar-refractivity contribution in [3.63, 3.8) is 0 Å². The average Bonchev–Trinajstić information content (AvgIpc) is 3.53. The van der Waals surface area contributed by atoms with Crippen LogP contribution < -0.4 is 4.74 Å². The Morgan fingerprint density at radius 1 is 1.11 bits per heavy atom. The van der Waals surface area contributed by atoms with Gasteiger partial charge >= 0.3 is 0 Å². The van der Waals surface area contributed by atoms with Crippen molar-refractivity contribution >= 4 is 17.5 Å². The topological polar surface area (TPSA) is 29.5 Å². The summed E-state index contributed by atoms with van der Waals surface area (Å²) in [5.74, 6) is 2.40. The molecule has 2 atom stereocenters. The predicted molar refractivity (Wildman–Crippen MR) is 113 cm³/mol. The van der Waals surface area contributed by atoms with Crippen molar-refractivity contribution in [3.05, 3.63) is 64.7 Å². The van der Waals surface area contributed by atoms with Crippen molar-refractivity contribution in [2.75, 3.05) is 20.2 Å². The summed E-state index contributed by atoms with van der Waals surface area (Å²) >= 11 is 6.30. The molecular weight excluding hydrogens is 370 g/mol. The fraction of sp³-hybridized carbons (Fsp3) is 0.458. The highest BCUT2D eigenvalue weighted by molar-refractivity contribution is 6.31. The maximum absolute atomic E-state index is 12.9. The summed E-state index contributed by atoms with van der Waals surface area (Å²) in [6.45, 7) is 1.80. The summed E-state index contributed by atoms with van der Waals surface area (Å²) in [5.41, 5.74) is 2.50. The standard InChI is InChI=1S/C24H28ClNO2/c1-28-19-10-8-17(9-11-19)6-7-18-12-14-26(15-13-18)24(27)22-16-21(22)20-4-2-3-5-23(20)25/h2-5,8-11,18,21-22H,6-7,12-16H2,1H3. The molecule has 2 unspecified atom stereocenters. The quantitative estimate of drug-likeness (QED) is 0.659. The van der Waals surface area contributed by atoms with E-state index in [1.54, 1.807) is 7.11 Å². The van der Waals surface area contributed by atoms with Gasteiger partial charge in [0.1, 0.15) is 5.75 Å². The molecule has 3 nitrogen and oxygen atoms in total. The molecule has 1 saturated carbocycles. The SMILES string of the molecule is COc1ccc(CCC2CCN(C(=O)C3CC3c3ccccc3Cl)CC2)cc1. The van der Waals surface area contributed by atoms with Crippen molar-refractivity contribution in [2.45, 2.75) is 38.0 Å². The van der Waals surface area contributed by atoms with Gasteiger partial charge in [-0.3, -0.25) is 4.79 Å². The molecule has 2 aromatic carbocycles. The number of hydrogen-bond acceptors (Lipinski definition) is 2. The van der Waals surface area contributed by atoms with Crippen LogP contribution in [0.25, 0.3) is 0 Å². The number of ether oxygens (including phenoxy) is 1. The van der Waals surface area contributed by atoms with Crippen molar-refractivity contribution in [1.82, 2.24) is 4.90 Å². The lowest BCUT2D eigenvalue weighted by atomic mass is 9.90. The maximum atomic E-state index is 12.9. The highest BCUT2D eigenvalue weighted by Gasteiger charge is 2.46. The zero-order valence-corrected chi connectivity index (χ0v) is 17.2. The first-order chi connectivity index (χ1) is 13.7. The zero-order valence-electron chi connectivity index (χ0n) is 16.4. The van der Waals surface area contributed by atoms with E-state index in [9.17, 15) is 4.79 Å². The van der Waals surface area contributed by atoms with E-state index in [0.29, 0.717) is 17.7 Å². The van der Waals surface area contributed by atoms with E-state index in [4.69, 9.17) is 16.3 Å². The van der Waals surface area contributed by atoms with Gasteiger partial charge < -0.3 is 9.64 Å². The van der Waals surface area contributed by atoms with Gasteiger partial charge in [-0.1, -0.05) is 41.9 Å². The second-order valence-corrected chi connectivity index (χ2v) is 8.53. The lowest BCUT2D eigenvalue weighted by molar-refractivity contribution is -0.134. The van der Waals surface area contributed by atoms with Crippen molar-refractivity contribution < 1.29 is 9.53 Å². The minimum Gasteiger partial charge on any atom is -0.497 e. The number of piperidine rings is 1. The van der Waals surface area contributed by atoms with Crippen LogP contribution in [-0.2, 0) is 11.2 Å². The maximum Gasteiger partial charge on any atom is 0.226 e. The average molecular weight is 398 g/mol. The number of halogens is 1. The van der Waals surface area contributed by atoms with E-state index < -0.39 is 0 Å². The molecule has 1 amide bonds. The number of amides is 1. The van der Waals surface area contributed by atoms with Crippen LogP contribution >= 0.6 is 11.6 Å². The van der Waals surface area contributed by atoms with Gasteiger partial charge in [-0.15, -0.1) is 0 Å². The first-order valence-corrected chi connectivity index (χ1v) is 10.7. The zero-order chi connectivity index (χ0) is 19.5. The number of aryl methyl sites for hydroxylation is 1. The monoisotopic (exact) mass is 397 g/mol. The third kappa shape index (κ3) is 4.35. The van der Waals surface area contributed by atoms with E-state index in [-0.39, 0.29) is 5.92 Å². The molecule has 4 rings (SSSR count). The van der Waals surface area contributed by atoms with Gasteiger partial charge in [0.15, 0.2) is 0 Å². The van der Waals surface area contributed by atoms with E-state index in [0.717, 1.165) is 55.1 Å². The number of carbonyl (C=O) groups is 1. The number of benzene rings is 2. The molecule has 2 aliphatic rings. The molecule has 0 bridgehead atoms. The lowest BCUT2D eigenvalue weighted by Gasteiger charge is -2.32. The van der Waals surface area contributed by atoms with Crippen LogP contribution in [0.1, 0.15) is 42.7 Å². The number of likely N-dealkylation sites (tertiary alicyclic amines) is 1. The fourth-order valence-electron chi connectivity index (χ4n) is 4.43. The van der Waals surface area contributed by atoms with E-state index in [2.05, 4.69) is 23.1 Å². The molecule has 0 spiro atoms. The largest absolute Gasteiger partial charge is 0.497 e. The molecule has 1 heterocycles. The summed E-state index contributed by atoms with van der Waals surface area (Å²) in [5, 5.41) is 0.792. The summed E-state index contributed by atoms with van der Waals surface area (Å²) < 4.78 is 5.22. The molecule has 2 fully saturated rings. The van der Waals surface area contributed by atoms with Crippen molar-refractivity contribution in [3.8, 4) is 5.75 Å². The molecule has 0 N–H and O–H groups in total. The molecule has 1 saturated heterocycles. The predicted octanol–water partition coefficient (Wildman–Crippen LogP) is 5.32. The van der Waals surface area contributed by atoms with Crippen LogP contribution in [0.15, 0.2) is 48.5 Å². The van der Waals surface area contributed by atoms with Crippen molar-refractivity contribution in [2.24, 2.45) is 11.8 Å². The Labute approximate surface area is 172 Å². The molecule has 0 radical (unpaired) electrons. The van der Waals surface area contributed by atoms with Gasteiger partial charge in [0.25, 0.3) is 0 Å². The van der Waals surface area contributed by atoms with Crippen LogP contribution in [0.4, 0.5) is 0 Å². The van der Waals surface area contributed by atoms with Crippen LogP contribution in [0.2, 0.25) is 5.02 Å². The van der Waals surface area contributed by atoms with Gasteiger partial charge in [0, 0.05) is 24.0 Å². The summed E-state index contributed by atoms with van der Waals surface area (Å²) in [6, 6.07) is 16.3. The molecule has 148 valence electrons. The van der Waals surface area contributed by atoms with Crippen LogP contribution in [0.5, 0.6) is 5.75 Å². The second-order valence-electron chi connectivity index (χ2n) is 8.13. The molecule has 1 aliphatic carbocycles. The Kier molecular flexibility index (Phi) is 5.91. The second kappa shape index (κ2) is 8.57. The van der Waals surface area contributed by atoms with E-state index >= 15 is 0 Å². The fourth-order valence-corrected chi connectivity index (χ4v) is 4.70. The minimum absolute atomic E-state index is 0.135. The number of carbonyl (C=O) groups excluding carboxylic acids is 1. The Morgan fingerprint density at radius 2 is 1.82 bits per heavy atom. The van der Waals surface area contributed by atoms with Gasteiger partial charge in [-0.05, 0) is 73.3 Å². The molecule has 4 heteroatoms. The number of methoxy groups -OCH3 is 1. The number of rotatable bonds is 6. The third-order valence-electron chi connectivity index (χ3n) is 6.34. The molecule has 0 aromatic heterocycles. The summed E-state index contributed by atoms with van der Waals surface area (Å²) in [4.78, 5) is 15.0. The lowest BCUT2D eigenvalue weighted by Crippen LogP contribution is -2.39. The van der Waals surface area contributed by atoms with Crippen LogP contribution in [0.3, 0.4) is 0 Å². The first kappa shape index (κ1) is 19.3. The minimum atomic E-state index is 0.135. The number of hydrogen-bond donors (Lipinski definition) is 0. The number of nitrogens with zero attached hydrogens (tertiary/aromatic N) is 1. The van der Waals surface area contributed by atoms with Crippen molar-refractivity contribution in [1.29, 1.82) is 0 Å². The van der Waals surface area contributed by atoms with Crippen LogP contribution in [0, 0.1) is 11.8 Å². The summed E-state index contributed by atoms with van der Waals surface area (Å²) in [7, 11) is 1.70. The highest BCUT2D eigenvalue weighted by atomic mass is 35.5. The Morgan fingerprint density at radius 3 is 2.50 bits per heavy atom. The van der Waals surface area contributed by atoms with Gasteiger partial charge in [0.2, 0.25) is 5.91 Å². The third-order valence-corrected chi connectivity index (χ3v) is 6.68. The van der Waals surface area contributed by atoms with Gasteiger partial charge in [-0.25, -0.2) is 0 Å². The Balaban J connectivity index is 1.23. The van der Waals surface area contributed by atoms with E-state index in [1.165, 1.54) is 12.0 Å². The normalized spacial score (nSPS) is 22.1. The van der Waals surface area contributed by atoms with Gasteiger partial charge in [-0.2, -0.15) is 0 Å². The van der Waals surface area contributed by atoms with Gasteiger partial charge in [0.05, 0.1) is 7.11 Å². The Bertz CT molecular complexity index is 812. The molecule has 28 heavy (non-hydrogen) atoms. The first-order valence-electron chi connectivity index (χ1n) is 10.3. The van der Waals surface area contributed by atoms with Crippen LogP contribution in [-0.4, -0.2) is 31.0 Å². The van der Waals surface area contributed by atoms with E-state index in [1.807, 2.05) is 30.3 Å². The highest BCUT2D eigenvalue weighted by Crippen LogP contribution is 2.50. The Hall–Kier alpha value is -2.00. The smallest absolute Gasteiger partial charge is 0.226 e.